The second kappa shape index (κ2) is 3.93. The minimum Gasteiger partial charge on any atom is -0.299 e. The number of ketones is 1. The molecule has 2 nitrogen and oxygen atoms in total. The lowest BCUT2D eigenvalue weighted by Gasteiger charge is -2.27. The fraction of sp³-hybridized carbons (Fsp3) is 0.417. The van der Waals surface area contributed by atoms with Gasteiger partial charge in [-0.1, -0.05) is 24.3 Å². The minimum absolute atomic E-state index is 0.254. The Balaban J connectivity index is 2.09. The van der Waals surface area contributed by atoms with Gasteiger partial charge >= 0.3 is 0 Å². The van der Waals surface area contributed by atoms with E-state index < -0.39 is 0 Å². The van der Waals surface area contributed by atoms with Gasteiger partial charge in [0.15, 0.2) is 0 Å². The zero-order valence-electron chi connectivity index (χ0n) is 8.49. The van der Waals surface area contributed by atoms with E-state index in [0.29, 0.717) is 6.54 Å². The van der Waals surface area contributed by atoms with Gasteiger partial charge in [-0.3, -0.25) is 9.69 Å². The summed E-state index contributed by atoms with van der Waals surface area (Å²) in [5, 5.41) is 0. The van der Waals surface area contributed by atoms with Gasteiger partial charge in [0.25, 0.3) is 0 Å². The molecule has 0 saturated carbocycles. The van der Waals surface area contributed by atoms with E-state index in [1.165, 1.54) is 11.1 Å². The van der Waals surface area contributed by atoms with E-state index in [9.17, 15) is 4.79 Å². The molecule has 0 spiro atoms. The summed E-state index contributed by atoms with van der Waals surface area (Å²) in [4.78, 5) is 13.2. The predicted molar refractivity (Wildman–Crippen MR) is 56.1 cm³/mol. The molecule has 0 aliphatic carbocycles. The second-order valence-corrected chi connectivity index (χ2v) is 3.93. The Morgan fingerprint density at radius 1 is 1.36 bits per heavy atom. The van der Waals surface area contributed by atoms with Gasteiger partial charge in [-0.25, -0.2) is 0 Å². The van der Waals surface area contributed by atoms with Gasteiger partial charge in [0, 0.05) is 13.1 Å². The van der Waals surface area contributed by atoms with Gasteiger partial charge in [-0.15, -0.1) is 0 Å². The first kappa shape index (κ1) is 9.41. The molecule has 0 saturated heterocycles. The molecule has 2 heteroatoms. The zero-order valence-corrected chi connectivity index (χ0v) is 8.49. The maximum Gasteiger partial charge on any atom is 0.143 e. The summed E-state index contributed by atoms with van der Waals surface area (Å²) in [6, 6.07) is 8.48. The van der Waals surface area contributed by atoms with E-state index in [4.69, 9.17) is 0 Å². The Hall–Kier alpha value is -1.15. The Bertz CT molecular complexity index is 346. The number of hydrogen-bond acceptors (Lipinski definition) is 2. The Labute approximate surface area is 84.5 Å². The molecular weight excluding hydrogens is 174 g/mol. The van der Waals surface area contributed by atoms with Crippen molar-refractivity contribution in [3.8, 4) is 0 Å². The van der Waals surface area contributed by atoms with E-state index in [0.717, 1.165) is 19.5 Å². The average Bonchev–Trinajstić information content (AvgIpc) is 2.17. The molecular formula is C12H15NO. The molecule has 1 aliphatic rings. The van der Waals surface area contributed by atoms with Crippen LogP contribution in [0.2, 0.25) is 0 Å². The third-order valence-electron chi connectivity index (χ3n) is 2.66. The molecule has 74 valence electrons. The van der Waals surface area contributed by atoms with Crippen molar-refractivity contribution in [1.82, 2.24) is 4.90 Å². The van der Waals surface area contributed by atoms with Crippen LogP contribution in [-0.2, 0) is 17.8 Å². The molecule has 0 N–H and O–H groups in total. The van der Waals surface area contributed by atoms with Gasteiger partial charge in [-0.2, -0.15) is 0 Å². The molecule has 0 amide bonds. The monoisotopic (exact) mass is 189 g/mol. The van der Waals surface area contributed by atoms with Gasteiger partial charge in [0.1, 0.15) is 5.78 Å². The molecule has 0 aromatic heterocycles. The van der Waals surface area contributed by atoms with Crippen molar-refractivity contribution in [2.75, 3.05) is 13.1 Å². The maximum absolute atomic E-state index is 11.0. The van der Waals surface area contributed by atoms with Crippen molar-refractivity contribution in [3.05, 3.63) is 35.4 Å². The van der Waals surface area contributed by atoms with Gasteiger partial charge in [0.05, 0.1) is 6.54 Å². The first-order chi connectivity index (χ1) is 6.75. The third kappa shape index (κ3) is 2.02. The molecule has 0 fully saturated rings. The topological polar surface area (TPSA) is 20.3 Å². The van der Waals surface area contributed by atoms with E-state index in [1.54, 1.807) is 6.92 Å². The van der Waals surface area contributed by atoms with Crippen LogP contribution in [0.25, 0.3) is 0 Å². The fourth-order valence-corrected chi connectivity index (χ4v) is 2.00. The first-order valence-corrected chi connectivity index (χ1v) is 5.04. The second-order valence-electron chi connectivity index (χ2n) is 3.93. The normalized spacial score (nSPS) is 16.4. The van der Waals surface area contributed by atoms with E-state index >= 15 is 0 Å². The van der Waals surface area contributed by atoms with Crippen LogP contribution >= 0.6 is 0 Å². The molecule has 2 rings (SSSR count). The number of carbonyl (C=O) groups is 1. The zero-order chi connectivity index (χ0) is 9.97. The largest absolute Gasteiger partial charge is 0.299 e. The summed E-state index contributed by atoms with van der Waals surface area (Å²) in [5.41, 5.74) is 2.81. The number of nitrogens with zero attached hydrogens (tertiary/aromatic N) is 1. The average molecular weight is 189 g/mol. The van der Waals surface area contributed by atoms with Crippen LogP contribution in [0.3, 0.4) is 0 Å². The van der Waals surface area contributed by atoms with Crippen molar-refractivity contribution in [2.45, 2.75) is 19.9 Å². The number of Topliss-reactive ketones (excluding diaryl/α,β-unsaturated/α-hetero) is 1. The van der Waals surface area contributed by atoms with E-state index in [-0.39, 0.29) is 5.78 Å². The molecule has 0 radical (unpaired) electrons. The van der Waals surface area contributed by atoms with E-state index in [1.807, 2.05) is 0 Å². The molecule has 1 aromatic rings. The highest BCUT2D eigenvalue weighted by Crippen LogP contribution is 2.17. The number of benzene rings is 1. The summed E-state index contributed by atoms with van der Waals surface area (Å²) < 4.78 is 0. The number of fused-ring (bicyclic) bond motifs is 1. The Morgan fingerprint density at radius 3 is 2.79 bits per heavy atom. The van der Waals surface area contributed by atoms with Crippen molar-refractivity contribution in [3.63, 3.8) is 0 Å². The Morgan fingerprint density at radius 2 is 2.07 bits per heavy atom. The van der Waals surface area contributed by atoms with Crippen LogP contribution in [0.1, 0.15) is 18.1 Å². The molecule has 0 atom stereocenters. The van der Waals surface area contributed by atoms with E-state index in [2.05, 4.69) is 29.2 Å². The maximum atomic E-state index is 11.0. The molecule has 0 bridgehead atoms. The highest BCUT2D eigenvalue weighted by molar-refractivity contribution is 5.77. The van der Waals surface area contributed by atoms with Crippen molar-refractivity contribution >= 4 is 5.78 Å². The van der Waals surface area contributed by atoms with Gasteiger partial charge in [0.2, 0.25) is 0 Å². The molecule has 1 aromatic carbocycles. The fourth-order valence-electron chi connectivity index (χ4n) is 2.00. The summed E-state index contributed by atoms with van der Waals surface area (Å²) in [6.45, 7) is 4.18. The smallest absolute Gasteiger partial charge is 0.143 e. The highest BCUT2D eigenvalue weighted by Gasteiger charge is 2.15. The lowest BCUT2D eigenvalue weighted by Crippen LogP contribution is -2.33. The standard InChI is InChI=1S/C12H15NO/c1-10(14)8-13-7-6-11-4-2-3-5-12(11)9-13/h2-5H,6-9H2,1H3. The van der Waals surface area contributed by atoms with Gasteiger partial charge < -0.3 is 0 Å². The third-order valence-corrected chi connectivity index (χ3v) is 2.66. The van der Waals surface area contributed by atoms with Crippen LogP contribution in [-0.4, -0.2) is 23.8 Å². The van der Waals surface area contributed by atoms with Crippen LogP contribution in [0, 0.1) is 0 Å². The van der Waals surface area contributed by atoms with Crippen molar-refractivity contribution in [1.29, 1.82) is 0 Å². The summed E-state index contributed by atoms with van der Waals surface area (Å²) >= 11 is 0. The van der Waals surface area contributed by atoms with Crippen LogP contribution in [0.5, 0.6) is 0 Å². The number of hydrogen-bond donors (Lipinski definition) is 0. The molecule has 1 heterocycles. The number of rotatable bonds is 2. The lowest BCUT2D eigenvalue weighted by molar-refractivity contribution is -0.118. The Kier molecular flexibility index (Phi) is 2.64. The van der Waals surface area contributed by atoms with Crippen LogP contribution in [0.4, 0.5) is 0 Å². The molecule has 14 heavy (non-hydrogen) atoms. The van der Waals surface area contributed by atoms with Crippen molar-refractivity contribution < 1.29 is 4.79 Å². The predicted octanol–water partition coefficient (Wildman–Crippen LogP) is 1.63. The summed E-state index contributed by atoms with van der Waals surface area (Å²) in [6.07, 6.45) is 1.07. The van der Waals surface area contributed by atoms with Gasteiger partial charge in [-0.05, 0) is 24.5 Å². The summed E-state index contributed by atoms with van der Waals surface area (Å²) in [5.74, 6) is 0.254. The first-order valence-electron chi connectivity index (χ1n) is 5.04. The highest BCUT2D eigenvalue weighted by atomic mass is 16.1. The minimum atomic E-state index is 0.254. The molecule has 1 aliphatic heterocycles. The van der Waals surface area contributed by atoms with Crippen molar-refractivity contribution in [2.24, 2.45) is 0 Å². The van der Waals surface area contributed by atoms with Crippen LogP contribution in [0.15, 0.2) is 24.3 Å². The molecule has 0 unspecified atom stereocenters. The lowest BCUT2D eigenvalue weighted by atomic mass is 10.00. The quantitative estimate of drug-likeness (QED) is 0.704. The SMILES string of the molecule is CC(=O)CN1CCc2ccccc2C1. The summed E-state index contributed by atoms with van der Waals surface area (Å²) in [7, 11) is 0. The number of carbonyl (C=O) groups excluding carboxylic acids is 1. The van der Waals surface area contributed by atoms with Crippen LogP contribution < -0.4 is 0 Å².